The lowest BCUT2D eigenvalue weighted by Gasteiger charge is -2.18. The topological polar surface area (TPSA) is 72.7 Å². The van der Waals surface area contributed by atoms with Crippen LogP contribution in [0.15, 0.2) is 47.6 Å². The molecule has 0 radical (unpaired) electrons. The molecule has 6 nitrogen and oxygen atoms in total. The van der Waals surface area contributed by atoms with Crippen LogP contribution in [0.5, 0.6) is 0 Å². The van der Waals surface area contributed by atoms with Gasteiger partial charge < -0.3 is 5.32 Å². The Morgan fingerprint density at radius 2 is 1.75 bits per heavy atom. The molecule has 0 saturated heterocycles. The van der Waals surface area contributed by atoms with E-state index in [4.69, 9.17) is 0 Å². The summed E-state index contributed by atoms with van der Waals surface area (Å²) in [5.41, 5.74) is 5.06. The predicted molar refractivity (Wildman–Crippen MR) is 113 cm³/mol. The molecule has 1 N–H and O–H groups in total. The quantitative estimate of drug-likeness (QED) is 0.621. The van der Waals surface area contributed by atoms with Gasteiger partial charge in [-0.1, -0.05) is 62.0 Å². The molecule has 2 aromatic carbocycles. The van der Waals surface area contributed by atoms with E-state index in [0.29, 0.717) is 11.1 Å². The van der Waals surface area contributed by atoms with Gasteiger partial charge in [-0.15, -0.1) is 5.10 Å². The number of hydrogen-bond acceptors (Lipinski definition) is 5. The zero-order valence-corrected chi connectivity index (χ0v) is 17.6. The zero-order valence-electron chi connectivity index (χ0n) is 16.8. The summed E-state index contributed by atoms with van der Waals surface area (Å²) in [6, 6.07) is 14.0. The SMILES string of the molecule is Cc1ccccc1-n1nnnc1S[C@H](C)C(=O)Nc1c(C)cccc1C(C)C. The summed E-state index contributed by atoms with van der Waals surface area (Å²) in [6.07, 6.45) is 0. The van der Waals surface area contributed by atoms with Crippen molar-refractivity contribution >= 4 is 23.4 Å². The van der Waals surface area contributed by atoms with E-state index in [9.17, 15) is 4.79 Å². The van der Waals surface area contributed by atoms with Gasteiger partial charge in [-0.3, -0.25) is 4.79 Å². The molecule has 3 rings (SSSR count). The van der Waals surface area contributed by atoms with Gasteiger partial charge in [0.05, 0.1) is 10.9 Å². The van der Waals surface area contributed by atoms with E-state index in [1.54, 1.807) is 4.68 Å². The minimum atomic E-state index is -0.353. The molecule has 0 spiro atoms. The van der Waals surface area contributed by atoms with Gasteiger partial charge >= 0.3 is 0 Å². The maximum Gasteiger partial charge on any atom is 0.237 e. The Morgan fingerprint density at radius 3 is 2.46 bits per heavy atom. The molecule has 28 heavy (non-hydrogen) atoms. The van der Waals surface area contributed by atoms with Crippen LogP contribution in [-0.2, 0) is 4.79 Å². The third-order valence-corrected chi connectivity index (χ3v) is 5.64. The molecular formula is C21H25N5OS. The highest BCUT2D eigenvalue weighted by atomic mass is 32.2. The smallest absolute Gasteiger partial charge is 0.237 e. The number of aryl methyl sites for hydroxylation is 2. The molecule has 146 valence electrons. The molecule has 0 aliphatic heterocycles. The van der Waals surface area contributed by atoms with E-state index < -0.39 is 0 Å². The number of anilines is 1. The summed E-state index contributed by atoms with van der Waals surface area (Å²) >= 11 is 1.34. The summed E-state index contributed by atoms with van der Waals surface area (Å²) < 4.78 is 1.68. The number of para-hydroxylation sites is 2. The summed E-state index contributed by atoms with van der Waals surface area (Å²) in [7, 11) is 0. The summed E-state index contributed by atoms with van der Waals surface area (Å²) in [6.45, 7) is 10.1. The van der Waals surface area contributed by atoms with Crippen LogP contribution in [0.2, 0.25) is 0 Å². The summed E-state index contributed by atoms with van der Waals surface area (Å²) in [4.78, 5) is 12.9. The number of nitrogens with zero attached hydrogens (tertiary/aromatic N) is 4. The number of tetrazole rings is 1. The minimum absolute atomic E-state index is 0.0690. The number of rotatable bonds is 6. The van der Waals surface area contributed by atoms with Gasteiger partial charge in [0, 0.05) is 5.69 Å². The van der Waals surface area contributed by atoms with Crippen LogP contribution in [0.3, 0.4) is 0 Å². The number of carbonyl (C=O) groups excluding carboxylic acids is 1. The highest BCUT2D eigenvalue weighted by molar-refractivity contribution is 8.00. The fourth-order valence-electron chi connectivity index (χ4n) is 2.98. The van der Waals surface area contributed by atoms with E-state index in [2.05, 4.69) is 40.8 Å². The molecular weight excluding hydrogens is 370 g/mol. The third-order valence-electron chi connectivity index (χ3n) is 4.61. The van der Waals surface area contributed by atoms with Gasteiger partial charge in [0.15, 0.2) is 0 Å². The molecule has 0 fully saturated rings. The molecule has 0 bridgehead atoms. The Balaban J connectivity index is 1.79. The zero-order chi connectivity index (χ0) is 20.3. The van der Waals surface area contributed by atoms with Crippen molar-refractivity contribution in [2.24, 2.45) is 0 Å². The maximum atomic E-state index is 12.9. The molecule has 0 unspecified atom stereocenters. The van der Waals surface area contributed by atoms with E-state index in [1.807, 2.05) is 57.2 Å². The predicted octanol–water partition coefficient (Wildman–Crippen LogP) is 4.52. The highest BCUT2D eigenvalue weighted by Crippen LogP contribution is 2.29. The van der Waals surface area contributed by atoms with Crippen molar-refractivity contribution in [3.8, 4) is 5.69 Å². The van der Waals surface area contributed by atoms with Crippen LogP contribution in [-0.4, -0.2) is 31.4 Å². The molecule has 0 saturated carbocycles. The van der Waals surface area contributed by atoms with Gasteiger partial charge in [0.1, 0.15) is 0 Å². The second-order valence-electron chi connectivity index (χ2n) is 7.10. The number of amides is 1. The lowest BCUT2D eigenvalue weighted by Crippen LogP contribution is -2.24. The van der Waals surface area contributed by atoms with Gasteiger partial charge in [-0.25, -0.2) is 0 Å². The number of aromatic nitrogens is 4. The van der Waals surface area contributed by atoms with Crippen LogP contribution >= 0.6 is 11.8 Å². The molecule has 1 heterocycles. The van der Waals surface area contributed by atoms with Crippen molar-refractivity contribution in [1.29, 1.82) is 0 Å². The average Bonchev–Trinajstić information content (AvgIpc) is 3.11. The fraction of sp³-hybridized carbons (Fsp3) is 0.333. The Labute approximate surface area is 169 Å². The van der Waals surface area contributed by atoms with Crippen molar-refractivity contribution in [1.82, 2.24) is 20.2 Å². The lowest BCUT2D eigenvalue weighted by atomic mass is 9.98. The Hall–Kier alpha value is -2.67. The highest BCUT2D eigenvalue weighted by Gasteiger charge is 2.21. The first-order valence-corrected chi connectivity index (χ1v) is 10.2. The molecule has 7 heteroatoms. The van der Waals surface area contributed by atoms with Crippen LogP contribution in [0.1, 0.15) is 43.4 Å². The van der Waals surface area contributed by atoms with E-state index in [1.165, 1.54) is 11.8 Å². The minimum Gasteiger partial charge on any atom is -0.325 e. The monoisotopic (exact) mass is 395 g/mol. The Bertz CT molecular complexity index is 982. The normalized spacial score (nSPS) is 12.2. The van der Waals surface area contributed by atoms with Crippen molar-refractivity contribution in [2.45, 2.75) is 50.9 Å². The number of nitrogens with one attached hydrogen (secondary N) is 1. The maximum absolute atomic E-state index is 12.9. The first-order chi connectivity index (χ1) is 13.4. The van der Waals surface area contributed by atoms with Gasteiger partial charge in [0.25, 0.3) is 0 Å². The van der Waals surface area contributed by atoms with Crippen molar-refractivity contribution in [3.05, 3.63) is 59.2 Å². The Kier molecular flexibility index (Phi) is 6.14. The largest absolute Gasteiger partial charge is 0.325 e. The second kappa shape index (κ2) is 8.56. The lowest BCUT2D eigenvalue weighted by molar-refractivity contribution is -0.115. The first-order valence-electron chi connectivity index (χ1n) is 9.30. The van der Waals surface area contributed by atoms with Gasteiger partial charge in [-0.05, 0) is 59.9 Å². The number of hydrogen-bond donors (Lipinski definition) is 1. The number of thioether (sulfide) groups is 1. The molecule has 1 atom stereocenters. The standard InChI is InChI=1S/C21H25N5OS/c1-13(2)17-11-8-10-15(4)19(17)22-20(27)16(5)28-21-23-24-25-26(21)18-12-7-6-9-14(18)3/h6-13,16H,1-5H3,(H,22,27)/t16-/m1/s1. The van der Waals surface area contributed by atoms with E-state index in [-0.39, 0.29) is 11.2 Å². The van der Waals surface area contributed by atoms with Crippen LogP contribution in [0, 0.1) is 13.8 Å². The van der Waals surface area contributed by atoms with Gasteiger partial charge in [-0.2, -0.15) is 4.68 Å². The molecule has 1 aromatic heterocycles. The molecule has 0 aliphatic carbocycles. The number of carbonyl (C=O) groups is 1. The number of benzene rings is 2. The summed E-state index contributed by atoms with van der Waals surface area (Å²) in [5, 5.41) is 15.3. The first kappa shape index (κ1) is 20.1. The van der Waals surface area contributed by atoms with Crippen LogP contribution in [0.4, 0.5) is 5.69 Å². The van der Waals surface area contributed by atoms with Crippen molar-refractivity contribution in [3.63, 3.8) is 0 Å². The summed E-state index contributed by atoms with van der Waals surface area (Å²) in [5.74, 6) is 0.257. The van der Waals surface area contributed by atoms with Crippen molar-refractivity contribution in [2.75, 3.05) is 5.32 Å². The van der Waals surface area contributed by atoms with Crippen LogP contribution in [0.25, 0.3) is 5.69 Å². The van der Waals surface area contributed by atoms with E-state index >= 15 is 0 Å². The van der Waals surface area contributed by atoms with E-state index in [0.717, 1.165) is 28.1 Å². The molecule has 3 aromatic rings. The fourth-order valence-corrected chi connectivity index (χ4v) is 3.78. The second-order valence-corrected chi connectivity index (χ2v) is 8.41. The molecule has 0 aliphatic rings. The average molecular weight is 396 g/mol. The molecule has 1 amide bonds. The third kappa shape index (κ3) is 4.25. The van der Waals surface area contributed by atoms with Crippen LogP contribution < -0.4 is 5.32 Å². The van der Waals surface area contributed by atoms with Gasteiger partial charge in [0.2, 0.25) is 11.1 Å². The Morgan fingerprint density at radius 1 is 1.04 bits per heavy atom. The van der Waals surface area contributed by atoms with Crippen molar-refractivity contribution < 1.29 is 4.79 Å².